The van der Waals surface area contributed by atoms with Gasteiger partial charge in [0.2, 0.25) is 0 Å². The number of alkyl halides is 1. The first-order valence-electron chi connectivity index (χ1n) is 6.68. The van der Waals surface area contributed by atoms with Gasteiger partial charge < -0.3 is 4.74 Å². The van der Waals surface area contributed by atoms with Crippen LogP contribution in [-0.2, 0) is 0 Å². The van der Waals surface area contributed by atoms with Crippen LogP contribution in [0.5, 0.6) is 11.5 Å². The molecule has 1 aliphatic rings. The number of hydrogen-bond donors (Lipinski definition) is 0. The Morgan fingerprint density at radius 3 is 1.84 bits per heavy atom. The third kappa shape index (κ3) is 2.18. The Bertz CT molecular complexity index is 546. The summed E-state index contributed by atoms with van der Waals surface area (Å²) in [5.41, 5.74) is 2.55. The van der Waals surface area contributed by atoms with E-state index in [9.17, 15) is 0 Å². The van der Waals surface area contributed by atoms with Crippen LogP contribution in [0.1, 0.15) is 30.9 Å². The molecule has 3 rings (SSSR count). The third-order valence-electron chi connectivity index (χ3n) is 3.68. The molecule has 0 aliphatic carbocycles. The molecule has 0 amide bonds. The van der Waals surface area contributed by atoms with Crippen molar-refractivity contribution in [2.24, 2.45) is 5.92 Å². The van der Waals surface area contributed by atoms with E-state index in [0.29, 0.717) is 16.7 Å². The van der Waals surface area contributed by atoms with E-state index in [1.165, 1.54) is 11.1 Å². The fourth-order valence-corrected chi connectivity index (χ4v) is 3.24. The van der Waals surface area contributed by atoms with Gasteiger partial charge in [-0.2, -0.15) is 0 Å². The van der Waals surface area contributed by atoms with E-state index in [-0.39, 0.29) is 0 Å². The molecule has 1 heterocycles. The van der Waals surface area contributed by atoms with Crippen LogP contribution < -0.4 is 4.74 Å². The van der Waals surface area contributed by atoms with Crippen molar-refractivity contribution >= 4 is 15.9 Å². The lowest BCUT2D eigenvalue weighted by Crippen LogP contribution is -2.22. The van der Waals surface area contributed by atoms with Gasteiger partial charge in [-0.1, -0.05) is 66.2 Å². The largest absolute Gasteiger partial charge is 0.457 e. The first-order valence-corrected chi connectivity index (χ1v) is 7.60. The predicted octanol–water partition coefficient (Wildman–Crippen LogP) is 5.34. The van der Waals surface area contributed by atoms with Gasteiger partial charge in [0.25, 0.3) is 0 Å². The number of benzene rings is 2. The maximum atomic E-state index is 6.02. The highest BCUT2D eigenvalue weighted by Crippen LogP contribution is 2.48. The van der Waals surface area contributed by atoms with Gasteiger partial charge in [-0.05, 0) is 18.1 Å². The molecule has 2 heteroatoms. The Labute approximate surface area is 122 Å². The summed E-state index contributed by atoms with van der Waals surface area (Å²) in [5, 5.41) is 0. The lowest BCUT2D eigenvalue weighted by Gasteiger charge is -2.33. The molecule has 1 atom stereocenters. The summed E-state index contributed by atoms with van der Waals surface area (Å²) < 4.78 is 6.02. The van der Waals surface area contributed by atoms with Crippen LogP contribution in [0, 0.1) is 5.92 Å². The number of rotatable bonds is 2. The number of para-hydroxylation sites is 2. The molecule has 98 valence electrons. The highest BCUT2D eigenvalue weighted by Gasteiger charge is 2.33. The molecule has 0 saturated carbocycles. The topological polar surface area (TPSA) is 9.23 Å². The van der Waals surface area contributed by atoms with Gasteiger partial charge in [0, 0.05) is 21.9 Å². The zero-order valence-electron chi connectivity index (χ0n) is 11.1. The third-order valence-corrected chi connectivity index (χ3v) is 5.27. The van der Waals surface area contributed by atoms with Crippen molar-refractivity contribution in [2.45, 2.75) is 24.6 Å². The summed E-state index contributed by atoms with van der Waals surface area (Å²) in [6, 6.07) is 16.7. The highest BCUT2D eigenvalue weighted by atomic mass is 79.9. The Morgan fingerprint density at radius 1 is 0.895 bits per heavy atom. The molecule has 19 heavy (non-hydrogen) atoms. The van der Waals surface area contributed by atoms with E-state index in [2.05, 4.69) is 66.2 Å². The molecule has 2 aromatic carbocycles. The van der Waals surface area contributed by atoms with Crippen molar-refractivity contribution in [3.63, 3.8) is 0 Å². The number of fused-ring (bicyclic) bond motifs is 2. The van der Waals surface area contributed by atoms with Crippen LogP contribution in [0.25, 0.3) is 0 Å². The Kier molecular flexibility index (Phi) is 3.36. The van der Waals surface area contributed by atoms with E-state index in [1.807, 2.05) is 12.1 Å². The monoisotopic (exact) mass is 316 g/mol. The SMILES string of the molecule is CC(C)C(Br)C1c2ccccc2Oc2ccccc21. The maximum absolute atomic E-state index is 6.02. The van der Waals surface area contributed by atoms with E-state index < -0.39 is 0 Å². The normalized spacial score (nSPS) is 15.6. The van der Waals surface area contributed by atoms with Crippen molar-refractivity contribution < 1.29 is 4.74 Å². The second-order valence-electron chi connectivity index (χ2n) is 5.34. The van der Waals surface area contributed by atoms with Crippen LogP contribution in [0.15, 0.2) is 48.5 Å². The van der Waals surface area contributed by atoms with Gasteiger partial charge in [-0.3, -0.25) is 0 Å². The first kappa shape index (κ1) is 12.7. The molecule has 0 bridgehead atoms. The fourth-order valence-electron chi connectivity index (χ4n) is 2.67. The molecule has 1 unspecified atom stereocenters. The minimum atomic E-state index is 0.348. The van der Waals surface area contributed by atoms with E-state index >= 15 is 0 Å². The molecule has 0 saturated heterocycles. The Hall–Kier alpha value is -1.28. The lowest BCUT2D eigenvalue weighted by molar-refractivity contribution is 0.432. The summed E-state index contributed by atoms with van der Waals surface area (Å²) in [4.78, 5) is 0.402. The molecule has 1 nitrogen and oxygen atoms in total. The summed E-state index contributed by atoms with van der Waals surface area (Å²) >= 11 is 3.89. The second kappa shape index (κ2) is 5.01. The Balaban J connectivity index is 2.16. The van der Waals surface area contributed by atoms with Crippen molar-refractivity contribution in [1.82, 2.24) is 0 Å². The van der Waals surface area contributed by atoms with E-state index in [0.717, 1.165) is 11.5 Å². The van der Waals surface area contributed by atoms with Crippen LogP contribution >= 0.6 is 15.9 Å². The fraction of sp³-hybridized carbons (Fsp3) is 0.294. The van der Waals surface area contributed by atoms with Crippen molar-refractivity contribution in [2.75, 3.05) is 0 Å². The standard InChI is InChI=1S/C17H17BrO/c1-11(2)17(18)16-12-7-3-5-9-14(12)19-15-10-6-4-8-13(15)16/h3-11,16-17H,1-2H3. The average molecular weight is 317 g/mol. The van der Waals surface area contributed by atoms with Gasteiger partial charge in [0.15, 0.2) is 0 Å². The first-order chi connectivity index (χ1) is 9.18. The molecular formula is C17H17BrO. The second-order valence-corrected chi connectivity index (χ2v) is 6.40. The van der Waals surface area contributed by atoms with Crippen molar-refractivity contribution in [1.29, 1.82) is 0 Å². The van der Waals surface area contributed by atoms with Crippen molar-refractivity contribution in [3.8, 4) is 11.5 Å². The summed E-state index contributed by atoms with van der Waals surface area (Å²) in [5.74, 6) is 2.87. The summed E-state index contributed by atoms with van der Waals surface area (Å²) in [6.07, 6.45) is 0. The zero-order chi connectivity index (χ0) is 13.4. The zero-order valence-corrected chi connectivity index (χ0v) is 12.7. The van der Waals surface area contributed by atoms with Crippen LogP contribution in [0.3, 0.4) is 0 Å². The predicted molar refractivity (Wildman–Crippen MR) is 82.4 cm³/mol. The highest BCUT2D eigenvalue weighted by molar-refractivity contribution is 9.09. The summed E-state index contributed by atoms with van der Waals surface area (Å²) in [7, 11) is 0. The van der Waals surface area contributed by atoms with Crippen molar-refractivity contribution in [3.05, 3.63) is 59.7 Å². The minimum absolute atomic E-state index is 0.348. The van der Waals surface area contributed by atoms with Gasteiger partial charge in [0.05, 0.1) is 0 Å². The molecule has 2 aromatic rings. The van der Waals surface area contributed by atoms with Gasteiger partial charge in [0.1, 0.15) is 11.5 Å². The molecule has 0 radical (unpaired) electrons. The van der Waals surface area contributed by atoms with Crippen LogP contribution in [0.2, 0.25) is 0 Å². The van der Waals surface area contributed by atoms with Crippen LogP contribution in [-0.4, -0.2) is 4.83 Å². The van der Waals surface area contributed by atoms with Gasteiger partial charge >= 0.3 is 0 Å². The van der Waals surface area contributed by atoms with E-state index in [1.54, 1.807) is 0 Å². The maximum Gasteiger partial charge on any atom is 0.131 e. The molecule has 0 aromatic heterocycles. The quantitative estimate of drug-likeness (QED) is 0.679. The summed E-state index contributed by atoms with van der Waals surface area (Å²) in [6.45, 7) is 4.50. The Morgan fingerprint density at radius 2 is 1.37 bits per heavy atom. The molecule has 0 spiro atoms. The van der Waals surface area contributed by atoms with E-state index in [4.69, 9.17) is 4.74 Å². The number of halogens is 1. The number of hydrogen-bond acceptors (Lipinski definition) is 1. The van der Waals surface area contributed by atoms with Gasteiger partial charge in [-0.25, -0.2) is 0 Å². The number of ether oxygens (including phenoxy) is 1. The minimum Gasteiger partial charge on any atom is -0.457 e. The molecule has 0 fully saturated rings. The smallest absolute Gasteiger partial charge is 0.131 e. The average Bonchev–Trinajstić information content (AvgIpc) is 2.43. The van der Waals surface area contributed by atoms with Gasteiger partial charge in [-0.15, -0.1) is 0 Å². The van der Waals surface area contributed by atoms with Crippen LogP contribution in [0.4, 0.5) is 0 Å². The molecule has 1 aliphatic heterocycles. The molecular weight excluding hydrogens is 300 g/mol. The molecule has 0 N–H and O–H groups in total. The lowest BCUT2D eigenvalue weighted by atomic mass is 9.82.